The van der Waals surface area contributed by atoms with Crippen LogP contribution >= 0.6 is 0 Å². The molecule has 2 aromatic rings. The number of carbonyl (C=O) groups is 2. The van der Waals surface area contributed by atoms with Crippen LogP contribution < -0.4 is 4.57 Å². The van der Waals surface area contributed by atoms with E-state index in [1.54, 1.807) is 6.92 Å². The van der Waals surface area contributed by atoms with Crippen molar-refractivity contribution in [2.75, 3.05) is 0 Å². The van der Waals surface area contributed by atoms with Gasteiger partial charge < -0.3 is 15.1 Å². The second-order valence-electron chi connectivity index (χ2n) is 6.71. The van der Waals surface area contributed by atoms with E-state index in [0.717, 1.165) is 11.3 Å². The average Bonchev–Trinajstić information content (AvgIpc) is 2.97. The van der Waals surface area contributed by atoms with E-state index in [1.165, 1.54) is 4.90 Å². The Kier molecular flexibility index (Phi) is 3.85. The summed E-state index contributed by atoms with van der Waals surface area (Å²) < 4.78 is 1.94. The van der Waals surface area contributed by atoms with Crippen LogP contribution in [-0.4, -0.2) is 39.1 Å². The number of hydrogen-bond acceptors (Lipinski definition) is 3. The maximum absolute atomic E-state index is 12.3. The van der Waals surface area contributed by atoms with Gasteiger partial charge in [0.15, 0.2) is 12.4 Å². The Morgan fingerprint density at radius 3 is 2.62 bits per heavy atom. The lowest BCUT2D eigenvalue weighted by atomic mass is 9.82. The van der Waals surface area contributed by atoms with Gasteiger partial charge in [-0.1, -0.05) is 18.2 Å². The Morgan fingerprint density at radius 2 is 1.96 bits per heavy atom. The van der Waals surface area contributed by atoms with Crippen LogP contribution in [-0.2, 0) is 9.59 Å². The van der Waals surface area contributed by atoms with E-state index in [2.05, 4.69) is 0 Å². The highest BCUT2D eigenvalue weighted by Gasteiger charge is 2.56. The molecule has 0 aliphatic carbocycles. The number of aliphatic carboxylic acids is 1. The number of aromatic nitrogens is 1. The summed E-state index contributed by atoms with van der Waals surface area (Å²) in [4.78, 5) is 25.5. The van der Waals surface area contributed by atoms with Crippen molar-refractivity contribution in [3.8, 4) is 5.69 Å². The summed E-state index contributed by atoms with van der Waals surface area (Å²) in [6.07, 6.45) is 3.48. The van der Waals surface area contributed by atoms with Crippen LogP contribution in [0.2, 0.25) is 0 Å². The third-order valence-corrected chi connectivity index (χ3v) is 5.14. The molecule has 1 aromatic heterocycles. The fraction of sp³-hybridized carbons (Fsp3) is 0.250. The van der Waals surface area contributed by atoms with Crippen molar-refractivity contribution in [2.45, 2.75) is 25.5 Å². The predicted octanol–water partition coefficient (Wildman–Crippen LogP) is 1.37. The zero-order valence-electron chi connectivity index (χ0n) is 14.2. The van der Waals surface area contributed by atoms with E-state index < -0.39 is 18.0 Å². The van der Waals surface area contributed by atoms with Crippen molar-refractivity contribution < 1.29 is 24.4 Å². The van der Waals surface area contributed by atoms with Crippen molar-refractivity contribution in [2.24, 2.45) is 5.92 Å². The number of hydrogen-bond donors (Lipinski definition) is 2. The van der Waals surface area contributed by atoms with E-state index in [-0.39, 0.29) is 17.6 Å². The van der Waals surface area contributed by atoms with Crippen LogP contribution in [0.15, 0.2) is 60.6 Å². The molecule has 3 atom stereocenters. The standard InChI is InChI=1S/C20H18N2O4/c1-12(23)17-16-11-15(18(20(25)26)22(16)19(17)24)13-6-5-7-14(10-13)21-8-3-2-4-9-21/h2-10,12,16-17,23H,11H2,1H3/p+1/t12-,16-,17-/m1/s1. The number of pyridine rings is 1. The minimum Gasteiger partial charge on any atom is -0.477 e. The Balaban J connectivity index is 1.76. The molecule has 0 spiro atoms. The second-order valence-corrected chi connectivity index (χ2v) is 6.71. The molecule has 0 unspecified atom stereocenters. The molecule has 26 heavy (non-hydrogen) atoms. The second kappa shape index (κ2) is 6.07. The molecule has 1 saturated heterocycles. The number of β-lactam (4-membered cyclic amide) rings is 1. The summed E-state index contributed by atoms with van der Waals surface area (Å²) in [6.45, 7) is 1.57. The molecule has 4 rings (SSSR count). The summed E-state index contributed by atoms with van der Waals surface area (Å²) in [7, 11) is 0. The van der Waals surface area contributed by atoms with Crippen LogP contribution in [0.3, 0.4) is 0 Å². The molecule has 6 heteroatoms. The molecule has 2 N–H and O–H groups in total. The smallest absolute Gasteiger partial charge is 0.352 e. The summed E-state index contributed by atoms with van der Waals surface area (Å²) in [5, 5.41) is 19.5. The molecule has 0 saturated carbocycles. The number of fused-ring (bicyclic) bond motifs is 1. The first-order chi connectivity index (χ1) is 12.5. The van der Waals surface area contributed by atoms with Gasteiger partial charge in [-0.05, 0) is 24.5 Å². The maximum atomic E-state index is 12.3. The molecule has 132 valence electrons. The summed E-state index contributed by atoms with van der Waals surface area (Å²) in [5.41, 5.74) is 2.36. The molecule has 6 nitrogen and oxygen atoms in total. The van der Waals surface area contributed by atoms with Gasteiger partial charge in [0.05, 0.1) is 18.1 Å². The molecule has 0 bridgehead atoms. The molecule has 1 fully saturated rings. The summed E-state index contributed by atoms with van der Waals surface area (Å²) >= 11 is 0. The van der Waals surface area contributed by atoms with Crippen molar-refractivity contribution in [1.29, 1.82) is 0 Å². The quantitative estimate of drug-likeness (QED) is 0.644. The lowest BCUT2D eigenvalue weighted by Gasteiger charge is -2.44. The first kappa shape index (κ1) is 16.5. The van der Waals surface area contributed by atoms with Gasteiger partial charge in [-0.25, -0.2) is 4.79 Å². The molecule has 2 aliphatic heterocycles. The van der Waals surface area contributed by atoms with E-state index >= 15 is 0 Å². The molecule has 1 amide bonds. The SMILES string of the molecule is C[C@@H](O)[C@H]1C(=O)N2C(C(=O)O)=C(c3cccc(-[n+]4ccccc4)c3)C[C@H]12. The van der Waals surface area contributed by atoms with E-state index in [4.69, 9.17) is 0 Å². The zero-order chi connectivity index (χ0) is 18.4. The number of aliphatic hydroxyl groups excluding tert-OH is 1. The lowest BCUT2D eigenvalue weighted by molar-refractivity contribution is -0.595. The van der Waals surface area contributed by atoms with Crippen molar-refractivity contribution in [3.63, 3.8) is 0 Å². The third kappa shape index (κ3) is 2.42. The monoisotopic (exact) mass is 351 g/mol. The van der Waals surface area contributed by atoms with E-state index in [1.807, 2.05) is 59.4 Å². The van der Waals surface area contributed by atoms with Gasteiger partial charge in [-0.15, -0.1) is 0 Å². The van der Waals surface area contributed by atoms with Gasteiger partial charge in [-0.3, -0.25) is 4.79 Å². The number of aliphatic hydroxyl groups is 1. The van der Waals surface area contributed by atoms with Gasteiger partial charge in [-0.2, -0.15) is 4.57 Å². The van der Waals surface area contributed by atoms with Crippen LogP contribution in [0.5, 0.6) is 0 Å². The first-order valence-electron chi connectivity index (χ1n) is 8.53. The highest BCUT2D eigenvalue weighted by atomic mass is 16.4. The molecular formula is C20H19N2O4+. The van der Waals surface area contributed by atoms with Crippen molar-refractivity contribution in [1.82, 2.24) is 4.90 Å². The van der Waals surface area contributed by atoms with Crippen molar-refractivity contribution in [3.05, 3.63) is 66.1 Å². The Labute approximate surface area is 150 Å². The zero-order valence-corrected chi connectivity index (χ0v) is 14.2. The Hall–Kier alpha value is -2.99. The largest absolute Gasteiger partial charge is 0.477 e. The van der Waals surface area contributed by atoms with Crippen LogP contribution in [0.1, 0.15) is 18.9 Å². The molecule has 3 heterocycles. The topological polar surface area (TPSA) is 81.7 Å². The fourth-order valence-electron chi connectivity index (χ4n) is 3.95. The Bertz CT molecular complexity index is 920. The van der Waals surface area contributed by atoms with E-state index in [9.17, 15) is 19.8 Å². The summed E-state index contributed by atoms with van der Waals surface area (Å²) in [6, 6.07) is 13.1. The number of amides is 1. The average molecular weight is 351 g/mol. The predicted molar refractivity (Wildman–Crippen MR) is 93.0 cm³/mol. The van der Waals surface area contributed by atoms with Crippen LogP contribution in [0, 0.1) is 5.92 Å². The number of carbonyl (C=O) groups excluding carboxylic acids is 1. The van der Waals surface area contributed by atoms with Gasteiger partial charge in [0, 0.05) is 24.3 Å². The fourth-order valence-corrected chi connectivity index (χ4v) is 3.95. The third-order valence-electron chi connectivity index (χ3n) is 5.14. The number of carboxylic acid groups (broad SMARTS) is 1. The van der Waals surface area contributed by atoms with Gasteiger partial charge in [0.2, 0.25) is 11.6 Å². The van der Waals surface area contributed by atoms with Crippen molar-refractivity contribution >= 4 is 17.4 Å². The van der Waals surface area contributed by atoms with Gasteiger partial charge in [0.1, 0.15) is 5.70 Å². The van der Waals surface area contributed by atoms with E-state index in [0.29, 0.717) is 12.0 Å². The number of nitrogens with zero attached hydrogens (tertiary/aromatic N) is 2. The van der Waals surface area contributed by atoms with Gasteiger partial charge in [0.25, 0.3) is 0 Å². The number of benzene rings is 1. The van der Waals surface area contributed by atoms with Crippen LogP contribution in [0.25, 0.3) is 11.3 Å². The van der Waals surface area contributed by atoms with Crippen LogP contribution in [0.4, 0.5) is 0 Å². The molecule has 1 aromatic carbocycles. The molecule has 2 aliphatic rings. The molecule has 0 radical (unpaired) electrons. The minimum atomic E-state index is -1.11. The highest BCUT2D eigenvalue weighted by Crippen LogP contribution is 2.46. The minimum absolute atomic E-state index is 0.0344. The number of carboxylic acids is 1. The maximum Gasteiger partial charge on any atom is 0.352 e. The Morgan fingerprint density at radius 1 is 1.23 bits per heavy atom. The summed E-state index contributed by atoms with van der Waals surface area (Å²) in [5.74, 6) is -1.96. The molecular weight excluding hydrogens is 332 g/mol. The first-order valence-corrected chi connectivity index (χ1v) is 8.53. The highest BCUT2D eigenvalue weighted by molar-refractivity contribution is 6.06. The normalized spacial score (nSPS) is 22.8. The number of rotatable bonds is 4. The lowest BCUT2D eigenvalue weighted by Crippen LogP contribution is -2.61. The van der Waals surface area contributed by atoms with Gasteiger partial charge >= 0.3 is 5.97 Å².